The zero-order valence-electron chi connectivity index (χ0n) is 16.1. The van der Waals surface area contributed by atoms with Crippen molar-refractivity contribution in [3.05, 3.63) is 16.7 Å². The van der Waals surface area contributed by atoms with Gasteiger partial charge in [-0.3, -0.25) is 23.9 Å². The summed E-state index contributed by atoms with van der Waals surface area (Å²) in [4.78, 5) is 55.7. The van der Waals surface area contributed by atoms with Crippen LogP contribution in [0.15, 0.2) is 11.1 Å². The van der Waals surface area contributed by atoms with Gasteiger partial charge in [-0.05, 0) is 0 Å². The molecule has 0 bridgehead atoms. The third-order valence-corrected chi connectivity index (χ3v) is 4.81. The molecule has 174 valence electrons. The maximum Gasteiger partial charge on any atom is 0.333 e. The lowest BCUT2D eigenvalue weighted by Gasteiger charge is -2.17. The van der Waals surface area contributed by atoms with Crippen LogP contribution in [-0.2, 0) is 23.9 Å². The molecule has 2 unspecified atom stereocenters. The Balaban J connectivity index is 1.68. The summed E-state index contributed by atoms with van der Waals surface area (Å²) < 4.78 is 11.5. The summed E-state index contributed by atoms with van der Waals surface area (Å²) in [5.41, 5.74) is 4.73. The first kappa shape index (κ1) is 23.1. The molecule has 2 aromatic heterocycles. The molecule has 6 atom stereocenters. The van der Waals surface area contributed by atoms with E-state index < -0.39 is 73.1 Å². The molecule has 1 aliphatic heterocycles. The van der Waals surface area contributed by atoms with Crippen molar-refractivity contribution in [2.45, 2.75) is 37.1 Å². The second-order valence-corrected chi connectivity index (χ2v) is 6.94. The molecular formula is C16H19N5O11. The van der Waals surface area contributed by atoms with Crippen molar-refractivity contribution in [2.24, 2.45) is 5.92 Å². The molecule has 3 rings (SSSR count). The van der Waals surface area contributed by atoms with Crippen molar-refractivity contribution in [3.8, 4) is 0 Å². The van der Waals surface area contributed by atoms with Crippen molar-refractivity contribution < 1.29 is 49.4 Å². The van der Waals surface area contributed by atoms with Crippen molar-refractivity contribution in [2.75, 3.05) is 12.3 Å². The van der Waals surface area contributed by atoms with Gasteiger partial charge >= 0.3 is 17.9 Å². The van der Waals surface area contributed by atoms with Crippen LogP contribution in [0.5, 0.6) is 0 Å². The molecular weight excluding hydrogens is 438 g/mol. The van der Waals surface area contributed by atoms with Crippen molar-refractivity contribution >= 4 is 35.0 Å². The lowest BCUT2D eigenvalue weighted by atomic mass is 9.99. The van der Waals surface area contributed by atoms with E-state index in [0.717, 1.165) is 10.9 Å². The van der Waals surface area contributed by atoms with Crippen LogP contribution in [0.2, 0.25) is 0 Å². The maximum atomic E-state index is 11.9. The fraction of sp³-hybridized carbons (Fsp3) is 0.500. The van der Waals surface area contributed by atoms with Crippen LogP contribution in [-0.4, -0.2) is 94.0 Å². The van der Waals surface area contributed by atoms with Crippen LogP contribution in [0.1, 0.15) is 12.6 Å². The first-order valence-corrected chi connectivity index (χ1v) is 9.04. The number of aliphatic carboxylic acids is 2. The number of nitrogen functional groups attached to an aromatic ring is 1. The normalized spacial score (nSPS) is 24.8. The molecule has 1 fully saturated rings. The molecule has 32 heavy (non-hydrogen) atoms. The number of aromatic amines is 1. The van der Waals surface area contributed by atoms with E-state index >= 15 is 0 Å². The van der Waals surface area contributed by atoms with Crippen LogP contribution in [0.3, 0.4) is 0 Å². The zero-order chi connectivity index (χ0) is 23.7. The number of carboxylic acid groups (broad SMARTS) is 2. The third kappa shape index (κ3) is 4.37. The van der Waals surface area contributed by atoms with Crippen LogP contribution < -0.4 is 11.3 Å². The SMILES string of the molecule is Nc1nc2c(ncn2[C@@H]2O[C@H](COC(=O)CC(C(=O)O)C(O)C(=O)O)[C@@H](O)[C@H]2O)c(=O)[nH]1. The van der Waals surface area contributed by atoms with Crippen LogP contribution in [0.25, 0.3) is 11.2 Å². The van der Waals surface area contributed by atoms with E-state index in [0.29, 0.717) is 0 Å². The highest BCUT2D eigenvalue weighted by Crippen LogP contribution is 2.31. The van der Waals surface area contributed by atoms with Gasteiger partial charge in [0.1, 0.15) is 30.8 Å². The number of carbonyl (C=O) groups is 3. The van der Waals surface area contributed by atoms with Crippen LogP contribution >= 0.6 is 0 Å². The van der Waals surface area contributed by atoms with Crippen molar-refractivity contribution in [1.82, 2.24) is 19.5 Å². The Hall–Kier alpha value is -3.60. The van der Waals surface area contributed by atoms with Crippen molar-refractivity contribution in [1.29, 1.82) is 0 Å². The summed E-state index contributed by atoms with van der Waals surface area (Å²) in [5.74, 6) is -6.91. The number of ether oxygens (including phenoxy) is 2. The summed E-state index contributed by atoms with van der Waals surface area (Å²) >= 11 is 0. The van der Waals surface area contributed by atoms with Gasteiger partial charge in [-0.1, -0.05) is 0 Å². The maximum absolute atomic E-state index is 11.9. The molecule has 16 nitrogen and oxygen atoms in total. The van der Waals surface area contributed by atoms with Gasteiger partial charge in [-0.2, -0.15) is 4.98 Å². The molecule has 0 amide bonds. The van der Waals surface area contributed by atoms with Crippen molar-refractivity contribution in [3.63, 3.8) is 0 Å². The summed E-state index contributed by atoms with van der Waals surface area (Å²) in [7, 11) is 0. The van der Waals surface area contributed by atoms with Gasteiger partial charge in [0.25, 0.3) is 5.56 Å². The number of carbonyl (C=O) groups excluding carboxylic acids is 1. The number of nitrogens with two attached hydrogens (primary N) is 1. The highest BCUT2D eigenvalue weighted by Gasteiger charge is 2.45. The number of aliphatic hydroxyl groups excluding tert-OH is 3. The number of hydrogen-bond acceptors (Lipinski definition) is 12. The Morgan fingerprint density at radius 2 is 1.94 bits per heavy atom. The molecule has 2 aromatic rings. The first-order chi connectivity index (χ1) is 15.0. The van der Waals surface area contributed by atoms with Crippen LogP contribution in [0.4, 0.5) is 5.95 Å². The number of esters is 1. The fourth-order valence-corrected chi connectivity index (χ4v) is 3.15. The molecule has 0 aliphatic carbocycles. The smallest absolute Gasteiger partial charge is 0.333 e. The Kier molecular flexibility index (Phi) is 6.40. The largest absolute Gasteiger partial charge is 0.481 e. The number of nitrogens with zero attached hydrogens (tertiary/aromatic N) is 3. The van der Waals surface area contributed by atoms with Gasteiger partial charge in [0.15, 0.2) is 23.5 Å². The number of aromatic nitrogens is 4. The summed E-state index contributed by atoms with van der Waals surface area (Å²) in [6.45, 7) is -0.633. The van der Waals surface area contributed by atoms with E-state index in [1.54, 1.807) is 0 Å². The summed E-state index contributed by atoms with van der Waals surface area (Å²) in [5, 5.41) is 47.7. The van der Waals surface area contributed by atoms with E-state index in [-0.39, 0.29) is 17.1 Å². The Bertz CT molecular complexity index is 1100. The van der Waals surface area contributed by atoms with Gasteiger partial charge in [-0.25, -0.2) is 9.78 Å². The molecule has 16 heteroatoms. The average Bonchev–Trinajstić information content (AvgIpc) is 3.25. The Labute approximate surface area is 176 Å². The zero-order valence-corrected chi connectivity index (χ0v) is 16.1. The number of rotatable bonds is 8. The van der Waals surface area contributed by atoms with Gasteiger partial charge in [0.2, 0.25) is 5.95 Å². The first-order valence-electron chi connectivity index (χ1n) is 9.04. The minimum absolute atomic E-state index is 0.0351. The lowest BCUT2D eigenvalue weighted by Crippen LogP contribution is -2.38. The van der Waals surface area contributed by atoms with E-state index in [9.17, 15) is 34.5 Å². The molecule has 1 aliphatic rings. The molecule has 0 spiro atoms. The lowest BCUT2D eigenvalue weighted by molar-refractivity contribution is -0.165. The standard InChI is InChI=1S/C16H19N5O11/c17-16-19-11-7(12(26)20-16)18-3-21(11)13-10(25)9(24)5(32-13)2-31-6(22)1-4(14(27)28)8(23)15(29)30/h3-5,8-10,13,23-25H,1-2H2,(H,27,28)(H,29,30)(H3,17,19,20,26)/t4?,5-,8?,9-,10-,13-/m1/s1. The van der Waals surface area contributed by atoms with Gasteiger partial charge < -0.3 is 40.7 Å². The quantitative estimate of drug-likeness (QED) is 0.189. The molecule has 0 saturated carbocycles. The Morgan fingerprint density at radius 1 is 1.25 bits per heavy atom. The number of fused-ring (bicyclic) bond motifs is 1. The van der Waals surface area contributed by atoms with Gasteiger partial charge in [0, 0.05) is 0 Å². The topological polar surface area (TPSA) is 260 Å². The average molecular weight is 457 g/mol. The number of aliphatic hydroxyl groups is 3. The second-order valence-electron chi connectivity index (χ2n) is 6.94. The van der Waals surface area contributed by atoms with Gasteiger partial charge in [0.05, 0.1) is 12.7 Å². The highest BCUT2D eigenvalue weighted by atomic mass is 16.6. The van der Waals surface area contributed by atoms with Gasteiger partial charge in [-0.15, -0.1) is 0 Å². The molecule has 8 N–H and O–H groups in total. The molecule has 1 saturated heterocycles. The van der Waals surface area contributed by atoms with E-state index in [2.05, 4.69) is 15.0 Å². The number of H-pyrrole nitrogens is 1. The monoisotopic (exact) mass is 457 g/mol. The minimum Gasteiger partial charge on any atom is -0.481 e. The number of imidazole rings is 1. The number of hydrogen-bond donors (Lipinski definition) is 7. The predicted octanol–water partition coefficient (Wildman–Crippen LogP) is -3.60. The number of carboxylic acids is 2. The van der Waals surface area contributed by atoms with Crippen LogP contribution in [0, 0.1) is 5.92 Å². The molecule has 0 aromatic carbocycles. The molecule has 3 heterocycles. The predicted molar refractivity (Wildman–Crippen MR) is 98.8 cm³/mol. The molecule has 0 radical (unpaired) electrons. The Morgan fingerprint density at radius 3 is 2.56 bits per heavy atom. The number of nitrogens with one attached hydrogen (secondary N) is 1. The third-order valence-electron chi connectivity index (χ3n) is 4.81. The van der Waals surface area contributed by atoms with E-state index in [1.807, 2.05) is 0 Å². The highest BCUT2D eigenvalue weighted by molar-refractivity contribution is 5.85. The number of anilines is 1. The summed E-state index contributed by atoms with van der Waals surface area (Å²) in [6.07, 6.45) is -7.85. The fourth-order valence-electron chi connectivity index (χ4n) is 3.15. The second kappa shape index (κ2) is 8.87. The van der Waals surface area contributed by atoms with E-state index in [4.69, 9.17) is 25.4 Å². The van der Waals surface area contributed by atoms with E-state index in [1.165, 1.54) is 0 Å². The summed E-state index contributed by atoms with van der Waals surface area (Å²) in [6, 6.07) is 0. The minimum atomic E-state index is -2.34.